The average Bonchev–Trinajstić information content (AvgIpc) is 3.46. The van der Waals surface area contributed by atoms with Crippen molar-refractivity contribution < 1.29 is 27.8 Å². The summed E-state index contributed by atoms with van der Waals surface area (Å²) in [5, 5.41) is 19.3. The molecule has 2 bridgehead atoms. The molecule has 6 atom stereocenters. The maximum Gasteiger partial charge on any atom is 0.319 e. The number of likely N-dealkylation sites (tertiary alicyclic amines) is 1. The molecular weight excluding hydrogens is 681 g/mol. The number of hydrogen-bond donors (Lipinski definition) is 3. The van der Waals surface area contributed by atoms with Crippen molar-refractivity contribution in [1.82, 2.24) is 25.5 Å². The van der Waals surface area contributed by atoms with Gasteiger partial charge in [-0.25, -0.2) is 13.2 Å². The molecule has 0 radical (unpaired) electrons. The van der Waals surface area contributed by atoms with E-state index in [0.717, 1.165) is 51.0 Å². The van der Waals surface area contributed by atoms with E-state index in [1.165, 1.54) is 25.3 Å². The van der Waals surface area contributed by atoms with Gasteiger partial charge in [0.15, 0.2) is 17.4 Å². The number of phenols is 1. The summed E-state index contributed by atoms with van der Waals surface area (Å²) >= 11 is 0. The second-order valence-corrected chi connectivity index (χ2v) is 16.0. The Balaban J connectivity index is 1.14. The molecule has 53 heavy (non-hydrogen) atoms. The van der Waals surface area contributed by atoms with Crippen molar-refractivity contribution in [2.75, 3.05) is 57.4 Å². The number of halogens is 3. The van der Waals surface area contributed by atoms with Gasteiger partial charge in [0.25, 0.3) is 0 Å². The molecule has 4 fully saturated rings. The van der Waals surface area contributed by atoms with E-state index >= 15 is 13.2 Å². The van der Waals surface area contributed by atoms with Crippen LogP contribution in [-0.4, -0.2) is 96.8 Å². The van der Waals surface area contributed by atoms with Gasteiger partial charge in [0.2, 0.25) is 0 Å². The van der Waals surface area contributed by atoms with Crippen LogP contribution >= 0.6 is 0 Å². The fourth-order valence-electron chi connectivity index (χ4n) is 9.88. The number of piperidine rings is 1. The quantitative estimate of drug-likeness (QED) is 0.197. The number of piperazine rings is 1. The number of rotatable bonds is 7. The second-order valence-electron chi connectivity index (χ2n) is 16.0. The molecule has 9 nitrogen and oxygen atoms in total. The van der Waals surface area contributed by atoms with Gasteiger partial charge in [0.05, 0.1) is 23.6 Å². The molecule has 0 aliphatic carbocycles. The summed E-state index contributed by atoms with van der Waals surface area (Å²) in [5.74, 6) is -1.24. The normalized spacial score (nSPS) is 27.6. The molecule has 12 heteroatoms. The summed E-state index contributed by atoms with van der Waals surface area (Å²) < 4.78 is 62.2. The third-order valence-corrected chi connectivity index (χ3v) is 12.3. The van der Waals surface area contributed by atoms with Crippen LogP contribution in [0.15, 0.2) is 30.3 Å². The van der Waals surface area contributed by atoms with Gasteiger partial charge in [0, 0.05) is 31.7 Å². The van der Waals surface area contributed by atoms with Crippen molar-refractivity contribution in [3.05, 3.63) is 47.5 Å². The van der Waals surface area contributed by atoms with Crippen molar-refractivity contribution in [1.29, 1.82) is 0 Å². The van der Waals surface area contributed by atoms with Gasteiger partial charge in [-0.1, -0.05) is 31.5 Å². The maximum atomic E-state index is 17.3. The minimum Gasteiger partial charge on any atom is -0.508 e. The van der Waals surface area contributed by atoms with Crippen molar-refractivity contribution in [3.8, 4) is 28.6 Å². The number of anilines is 1. The van der Waals surface area contributed by atoms with Gasteiger partial charge in [-0.05, 0) is 110 Å². The Morgan fingerprint density at radius 3 is 2.72 bits per heavy atom. The predicted molar refractivity (Wildman–Crippen MR) is 200 cm³/mol. The number of benzene rings is 3. The summed E-state index contributed by atoms with van der Waals surface area (Å²) in [7, 11) is 0. The van der Waals surface area contributed by atoms with E-state index in [1.54, 1.807) is 6.07 Å². The number of nitrogens with one attached hydrogen (secondary N) is 2. The highest BCUT2D eigenvalue weighted by Gasteiger charge is 2.45. The van der Waals surface area contributed by atoms with Crippen LogP contribution in [0, 0.1) is 23.5 Å². The summed E-state index contributed by atoms with van der Waals surface area (Å²) in [6, 6.07) is 8.82. The Labute approximate surface area is 308 Å². The van der Waals surface area contributed by atoms with Crippen LogP contribution < -0.4 is 25.0 Å². The summed E-state index contributed by atoms with van der Waals surface area (Å²) in [4.78, 5) is 14.2. The molecule has 0 spiro atoms. The first kappa shape index (κ1) is 34.9. The van der Waals surface area contributed by atoms with Gasteiger partial charge >= 0.3 is 6.01 Å². The molecule has 282 valence electrons. The number of phenolic OH excluding ortho intramolecular Hbond substituents is 1. The van der Waals surface area contributed by atoms with Crippen LogP contribution in [0.1, 0.15) is 57.4 Å². The third kappa shape index (κ3) is 6.54. The van der Waals surface area contributed by atoms with Gasteiger partial charge in [0.1, 0.15) is 29.9 Å². The molecule has 6 heterocycles. The van der Waals surface area contributed by atoms with Crippen molar-refractivity contribution >= 4 is 27.5 Å². The topological polar surface area (TPSA) is 95.0 Å². The lowest BCUT2D eigenvalue weighted by atomic mass is 9.88. The molecule has 4 saturated heterocycles. The van der Waals surface area contributed by atoms with E-state index in [0.29, 0.717) is 48.4 Å². The van der Waals surface area contributed by atoms with E-state index in [9.17, 15) is 5.11 Å². The number of ether oxygens (including phenoxy) is 2. The Hall–Kier alpha value is -3.87. The fraction of sp³-hybridized carbons (Fsp3) is 0.561. The first-order valence-corrected chi connectivity index (χ1v) is 19.7. The highest BCUT2D eigenvalue weighted by molar-refractivity contribution is 6.05. The van der Waals surface area contributed by atoms with Crippen LogP contribution in [0.2, 0.25) is 0 Å². The van der Waals surface area contributed by atoms with E-state index in [1.807, 2.05) is 25.1 Å². The van der Waals surface area contributed by atoms with Crippen molar-refractivity contribution in [2.24, 2.45) is 11.8 Å². The summed E-state index contributed by atoms with van der Waals surface area (Å²) in [6.07, 6.45) is 6.40. The second kappa shape index (κ2) is 14.4. The van der Waals surface area contributed by atoms with Gasteiger partial charge < -0.3 is 35.0 Å². The van der Waals surface area contributed by atoms with Gasteiger partial charge in [-0.3, -0.25) is 0 Å². The molecule has 4 aromatic rings. The Morgan fingerprint density at radius 1 is 1.00 bits per heavy atom. The number of aromatic nitrogens is 2. The first-order valence-electron chi connectivity index (χ1n) is 19.7. The molecule has 5 aliphatic rings. The maximum absolute atomic E-state index is 17.3. The zero-order valence-electron chi connectivity index (χ0n) is 30.4. The minimum atomic E-state index is -1.01. The number of alkyl halides is 1. The molecule has 3 N–H and O–H groups in total. The summed E-state index contributed by atoms with van der Waals surface area (Å²) in [5.41, 5.74) is 0.727. The Bertz CT molecular complexity index is 2010. The average molecular weight is 731 g/mol. The van der Waals surface area contributed by atoms with E-state index in [-0.39, 0.29) is 76.8 Å². The van der Waals surface area contributed by atoms with E-state index in [4.69, 9.17) is 14.5 Å². The third-order valence-electron chi connectivity index (χ3n) is 12.3. The Morgan fingerprint density at radius 2 is 1.87 bits per heavy atom. The number of hydrogen-bond acceptors (Lipinski definition) is 9. The zero-order valence-corrected chi connectivity index (χ0v) is 30.4. The minimum absolute atomic E-state index is 0.0142. The lowest BCUT2D eigenvalue weighted by Crippen LogP contribution is -2.60. The first-order chi connectivity index (χ1) is 25.8. The monoisotopic (exact) mass is 730 g/mol. The van der Waals surface area contributed by atoms with Gasteiger partial charge in [-0.15, -0.1) is 0 Å². The van der Waals surface area contributed by atoms with Gasteiger partial charge in [-0.2, -0.15) is 9.97 Å². The number of fused-ring (bicyclic) bond motifs is 6. The van der Waals surface area contributed by atoms with Crippen LogP contribution in [0.4, 0.5) is 19.0 Å². The largest absolute Gasteiger partial charge is 0.508 e. The lowest BCUT2D eigenvalue weighted by Gasteiger charge is -2.40. The van der Waals surface area contributed by atoms with Crippen LogP contribution in [0.5, 0.6) is 17.5 Å². The van der Waals surface area contributed by atoms with Crippen LogP contribution in [-0.2, 0) is 6.42 Å². The lowest BCUT2D eigenvalue weighted by molar-refractivity contribution is 0.122. The zero-order chi connectivity index (χ0) is 36.2. The predicted octanol–water partition coefficient (Wildman–Crippen LogP) is 6.52. The Kier molecular flexibility index (Phi) is 9.48. The van der Waals surface area contributed by atoms with E-state index < -0.39 is 17.8 Å². The molecule has 3 aromatic carbocycles. The SMILES string of the molecule is CCc1cccc2cc(O)cc(-c3c(F)c4c5c(nc(OCC6CC(F)CNCC(CN7CCCCC7)C6)nc5c3F)N3CC5CCC(N5)C3CO4)c12. The highest BCUT2D eigenvalue weighted by Crippen LogP contribution is 2.48. The van der Waals surface area contributed by atoms with Crippen LogP contribution in [0.3, 0.4) is 0 Å². The molecule has 0 amide bonds. The van der Waals surface area contributed by atoms with Crippen molar-refractivity contribution in [2.45, 2.75) is 82.6 Å². The molecule has 6 unspecified atom stereocenters. The number of aromatic hydroxyl groups is 1. The smallest absolute Gasteiger partial charge is 0.319 e. The number of nitrogens with zero attached hydrogens (tertiary/aromatic N) is 4. The number of aryl methyl sites for hydroxylation is 1. The molecule has 9 rings (SSSR count). The molecular formula is C41H49F3N6O3. The summed E-state index contributed by atoms with van der Waals surface area (Å²) in [6.45, 7) is 7.20. The fourth-order valence-corrected chi connectivity index (χ4v) is 9.88. The molecule has 0 saturated carbocycles. The molecule has 1 aromatic heterocycles. The highest BCUT2D eigenvalue weighted by atomic mass is 19.1. The van der Waals surface area contributed by atoms with Crippen LogP contribution in [0.25, 0.3) is 32.8 Å². The van der Waals surface area contributed by atoms with E-state index in [2.05, 4.69) is 25.4 Å². The standard InChI is InChI=1S/C41H49F3N6O3/c1-2-25-7-6-8-26-15-29(51)16-30(33(25)26)34-36(43)38-35-39(37(34)44)52-22-32-31-10-9-28(46-31)20-50(32)40(35)48-41(47-38)53-21-23-13-24(17-45-18-27(42)14-23)19-49-11-4-3-5-12-49/h6-8,15-16,23-24,27-28,31-32,45-46,51H,2-5,9-14,17-22H2,1H3. The molecule has 5 aliphatic heterocycles. The van der Waals surface area contributed by atoms with Crippen molar-refractivity contribution in [3.63, 3.8) is 0 Å².